The van der Waals surface area contributed by atoms with E-state index in [0.717, 1.165) is 4.90 Å². The molecule has 0 aromatic heterocycles. The minimum Gasteiger partial charge on any atom is -0.481 e. The van der Waals surface area contributed by atoms with E-state index in [2.05, 4.69) is 0 Å². The normalized spacial score (nSPS) is 12.5. The molecule has 0 bridgehead atoms. The van der Waals surface area contributed by atoms with Crippen molar-refractivity contribution in [1.29, 1.82) is 0 Å². The Hall–Kier alpha value is -1.03. The van der Waals surface area contributed by atoms with Gasteiger partial charge in [-0.15, -0.1) is 11.8 Å². The predicted octanol–water partition coefficient (Wildman–Crippen LogP) is 2.81. The Kier molecular flexibility index (Phi) is 4.15. The van der Waals surface area contributed by atoms with Gasteiger partial charge < -0.3 is 5.11 Å². The molecule has 0 radical (unpaired) electrons. The van der Waals surface area contributed by atoms with E-state index in [4.69, 9.17) is 5.11 Å². The first-order valence-electron chi connectivity index (χ1n) is 4.59. The van der Waals surface area contributed by atoms with Gasteiger partial charge >= 0.3 is 5.97 Å². The average molecular weight is 228 g/mol. The van der Waals surface area contributed by atoms with E-state index in [1.54, 1.807) is 19.1 Å². The Morgan fingerprint density at radius 1 is 1.60 bits per heavy atom. The summed E-state index contributed by atoms with van der Waals surface area (Å²) < 4.78 is 13.5. The number of rotatable bonds is 4. The lowest BCUT2D eigenvalue weighted by molar-refractivity contribution is -0.141. The van der Waals surface area contributed by atoms with Crippen LogP contribution in [0.15, 0.2) is 23.1 Å². The fraction of sp³-hybridized carbons (Fsp3) is 0.364. The van der Waals surface area contributed by atoms with Crippen LogP contribution in [-0.2, 0) is 11.2 Å². The molecule has 1 N–H and O–H groups in total. The Morgan fingerprint density at radius 3 is 2.73 bits per heavy atom. The molecule has 1 aromatic rings. The highest BCUT2D eigenvalue weighted by atomic mass is 32.2. The summed E-state index contributed by atoms with van der Waals surface area (Å²) in [5.41, 5.74) is 0.461. The van der Waals surface area contributed by atoms with Crippen molar-refractivity contribution >= 4 is 17.7 Å². The van der Waals surface area contributed by atoms with Crippen molar-refractivity contribution < 1.29 is 14.3 Å². The van der Waals surface area contributed by atoms with Crippen LogP contribution in [0.5, 0.6) is 0 Å². The average Bonchev–Trinajstić information content (AvgIpc) is 2.20. The van der Waals surface area contributed by atoms with Gasteiger partial charge in [-0.1, -0.05) is 13.0 Å². The van der Waals surface area contributed by atoms with Gasteiger partial charge in [-0.05, 0) is 30.4 Å². The summed E-state index contributed by atoms with van der Waals surface area (Å²) in [4.78, 5) is 11.5. The van der Waals surface area contributed by atoms with Gasteiger partial charge in [0.25, 0.3) is 0 Å². The quantitative estimate of drug-likeness (QED) is 0.805. The lowest BCUT2D eigenvalue weighted by Gasteiger charge is -2.08. The molecule has 0 heterocycles. The fourth-order valence-corrected chi connectivity index (χ4v) is 1.66. The highest BCUT2D eigenvalue weighted by Crippen LogP contribution is 2.20. The Bertz CT molecular complexity index is 366. The SMILES string of the molecule is CSc1ccc(CC(C)C(=O)O)c(F)c1. The predicted molar refractivity (Wildman–Crippen MR) is 58.7 cm³/mol. The zero-order valence-electron chi connectivity index (χ0n) is 8.66. The van der Waals surface area contributed by atoms with Crippen LogP contribution in [0.4, 0.5) is 4.39 Å². The first-order chi connectivity index (χ1) is 7.04. The zero-order chi connectivity index (χ0) is 11.4. The number of benzene rings is 1. The maximum absolute atomic E-state index is 13.5. The van der Waals surface area contributed by atoms with Crippen molar-refractivity contribution in [2.24, 2.45) is 5.92 Å². The van der Waals surface area contributed by atoms with Crippen molar-refractivity contribution in [2.45, 2.75) is 18.2 Å². The molecule has 0 aliphatic heterocycles. The minimum absolute atomic E-state index is 0.232. The number of carboxylic acid groups (broad SMARTS) is 1. The Labute approximate surface area is 92.5 Å². The number of halogens is 1. The maximum Gasteiger partial charge on any atom is 0.306 e. The van der Waals surface area contributed by atoms with Gasteiger partial charge in [0.1, 0.15) is 5.82 Å². The topological polar surface area (TPSA) is 37.3 Å². The second kappa shape index (κ2) is 5.16. The molecular weight excluding hydrogens is 215 g/mol. The molecule has 0 aliphatic carbocycles. The van der Waals surface area contributed by atoms with Crippen LogP contribution in [0.3, 0.4) is 0 Å². The van der Waals surface area contributed by atoms with Crippen molar-refractivity contribution in [3.63, 3.8) is 0 Å². The number of carboxylic acids is 1. The van der Waals surface area contributed by atoms with Gasteiger partial charge in [-0.25, -0.2) is 4.39 Å². The highest BCUT2D eigenvalue weighted by molar-refractivity contribution is 7.98. The van der Waals surface area contributed by atoms with Gasteiger partial charge in [0.05, 0.1) is 5.92 Å². The maximum atomic E-state index is 13.5. The van der Waals surface area contributed by atoms with Crippen LogP contribution in [0, 0.1) is 11.7 Å². The summed E-state index contributed by atoms with van der Waals surface area (Å²) in [5, 5.41) is 8.71. The summed E-state index contributed by atoms with van der Waals surface area (Å²) in [6, 6.07) is 4.90. The second-order valence-electron chi connectivity index (χ2n) is 3.40. The molecule has 1 unspecified atom stereocenters. The number of aliphatic carboxylic acids is 1. The number of thioether (sulfide) groups is 1. The van der Waals surface area contributed by atoms with Crippen LogP contribution in [0.1, 0.15) is 12.5 Å². The molecule has 0 aliphatic rings. The molecule has 15 heavy (non-hydrogen) atoms. The van der Waals surface area contributed by atoms with Gasteiger partial charge in [0, 0.05) is 4.90 Å². The summed E-state index contributed by atoms with van der Waals surface area (Å²) in [7, 11) is 0. The number of carbonyl (C=O) groups is 1. The zero-order valence-corrected chi connectivity index (χ0v) is 9.47. The van der Waals surface area contributed by atoms with Crippen LogP contribution in [-0.4, -0.2) is 17.3 Å². The van der Waals surface area contributed by atoms with E-state index in [1.165, 1.54) is 17.8 Å². The van der Waals surface area contributed by atoms with Crippen LogP contribution in [0.25, 0.3) is 0 Å². The van der Waals surface area contributed by atoms with Crippen molar-refractivity contribution in [1.82, 2.24) is 0 Å². The molecule has 1 rings (SSSR count). The van der Waals surface area contributed by atoms with Gasteiger partial charge in [0.15, 0.2) is 0 Å². The molecule has 82 valence electrons. The van der Waals surface area contributed by atoms with E-state index in [9.17, 15) is 9.18 Å². The van der Waals surface area contributed by atoms with E-state index in [0.29, 0.717) is 5.56 Å². The minimum atomic E-state index is -0.900. The first-order valence-corrected chi connectivity index (χ1v) is 5.82. The van der Waals surface area contributed by atoms with Crippen molar-refractivity contribution in [3.8, 4) is 0 Å². The van der Waals surface area contributed by atoms with E-state index >= 15 is 0 Å². The number of hydrogen-bond acceptors (Lipinski definition) is 2. The molecule has 0 fully saturated rings. The lowest BCUT2D eigenvalue weighted by atomic mass is 10.0. The molecule has 4 heteroatoms. The molecule has 1 aromatic carbocycles. The molecular formula is C11H13FO2S. The summed E-state index contributed by atoms with van der Waals surface area (Å²) in [6.45, 7) is 1.57. The summed E-state index contributed by atoms with van der Waals surface area (Å²) >= 11 is 1.46. The van der Waals surface area contributed by atoms with Gasteiger partial charge in [-0.2, -0.15) is 0 Å². The van der Waals surface area contributed by atoms with Crippen molar-refractivity contribution in [3.05, 3.63) is 29.6 Å². The molecule has 0 spiro atoms. The molecule has 2 nitrogen and oxygen atoms in total. The van der Waals surface area contributed by atoms with Gasteiger partial charge in [0.2, 0.25) is 0 Å². The van der Waals surface area contributed by atoms with Crippen LogP contribution >= 0.6 is 11.8 Å². The molecule has 0 saturated heterocycles. The Balaban J connectivity index is 2.82. The number of hydrogen-bond donors (Lipinski definition) is 1. The third kappa shape index (κ3) is 3.23. The summed E-state index contributed by atoms with van der Waals surface area (Å²) in [5.74, 6) is -1.78. The van der Waals surface area contributed by atoms with E-state index in [1.807, 2.05) is 6.26 Å². The highest BCUT2D eigenvalue weighted by Gasteiger charge is 2.14. The van der Waals surface area contributed by atoms with Gasteiger partial charge in [-0.3, -0.25) is 4.79 Å². The largest absolute Gasteiger partial charge is 0.481 e. The third-order valence-corrected chi connectivity index (χ3v) is 2.93. The van der Waals surface area contributed by atoms with E-state index < -0.39 is 11.9 Å². The standard InChI is InChI=1S/C11H13FO2S/c1-7(11(13)14)5-8-3-4-9(15-2)6-10(8)12/h3-4,6-7H,5H2,1-2H3,(H,13,14). The fourth-order valence-electron chi connectivity index (χ4n) is 1.24. The van der Waals surface area contributed by atoms with Crippen molar-refractivity contribution in [2.75, 3.05) is 6.26 Å². The van der Waals surface area contributed by atoms with E-state index in [-0.39, 0.29) is 12.2 Å². The monoisotopic (exact) mass is 228 g/mol. The van der Waals surface area contributed by atoms with Crippen LogP contribution < -0.4 is 0 Å². The first kappa shape index (κ1) is 12.0. The summed E-state index contributed by atoms with van der Waals surface area (Å²) in [6.07, 6.45) is 2.10. The Morgan fingerprint density at radius 2 is 2.27 bits per heavy atom. The second-order valence-corrected chi connectivity index (χ2v) is 4.28. The molecule has 0 amide bonds. The molecule has 1 atom stereocenters. The lowest BCUT2D eigenvalue weighted by Crippen LogP contribution is -2.13. The molecule has 0 saturated carbocycles. The third-order valence-electron chi connectivity index (χ3n) is 2.21. The van der Waals surface area contributed by atoms with Crippen LogP contribution in [0.2, 0.25) is 0 Å². The smallest absolute Gasteiger partial charge is 0.306 e.